The molecule has 4 aromatic rings. The van der Waals surface area contributed by atoms with Crippen molar-refractivity contribution in [3.05, 3.63) is 78.1 Å². The second-order valence-electron chi connectivity index (χ2n) is 9.60. The number of hydrogen-bond donors (Lipinski definition) is 2. The highest BCUT2D eigenvalue weighted by Gasteiger charge is 2.58. The first kappa shape index (κ1) is 27.0. The maximum Gasteiger partial charge on any atom is 0.310 e. The fourth-order valence-electron chi connectivity index (χ4n) is 4.74. The monoisotopic (exact) mass is 548 g/mol. The number of nitrogens with zero attached hydrogens (tertiary/aromatic N) is 4. The lowest BCUT2D eigenvalue weighted by Crippen LogP contribution is -2.44. The highest BCUT2D eigenvalue weighted by molar-refractivity contribution is 5.84. The van der Waals surface area contributed by atoms with Gasteiger partial charge in [-0.05, 0) is 18.1 Å². The van der Waals surface area contributed by atoms with E-state index in [9.17, 15) is 9.59 Å². The Labute approximate surface area is 229 Å². The average Bonchev–Trinajstić information content (AvgIpc) is 3.45. The number of alkyl halides is 1. The van der Waals surface area contributed by atoms with E-state index < -0.39 is 36.0 Å². The number of halogens is 1. The first-order valence-corrected chi connectivity index (χ1v) is 12.7. The number of carbonyl (C=O) groups excluding carboxylic acids is 2. The molecule has 0 aliphatic carbocycles. The van der Waals surface area contributed by atoms with E-state index in [1.165, 1.54) is 17.8 Å². The van der Waals surface area contributed by atoms with Crippen LogP contribution in [0.15, 0.2) is 67.0 Å². The average molecular weight is 549 g/mol. The Morgan fingerprint density at radius 2 is 1.68 bits per heavy atom. The Morgan fingerprint density at radius 3 is 2.30 bits per heavy atom. The largest absolute Gasteiger partial charge is 0.463 e. The molecule has 2 aromatic heterocycles. The summed E-state index contributed by atoms with van der Waals surface area (Å²) in [5.41, 5.74) is 5.65. The fourth-order valence-corrected chi connectivity index (χ4v) is 4.74. The SMILES string of the molecule is CNc1nc(N)nc2c1ncn2[C@@H]1O[C@H](COC(=O)Cc2ccccc2)[C@@H](OC(=O)Cc2ccccc2)[C@@]1(C)F. The third kappa shape index (κ3) is 5.57. The van der Waals surface area contributed by atoms with Gasteiger partial charge in [0.2, 0.25) is 5.95 Å². The molecule has 0 bridgehead atoms. The molecule has 11 nitrogen and oxygen atoms in total. The Hall–Kier alpha value is -4.58. The molecule has 0 unspecified atom stereocenters. The predicted molar refractivity (Wildman–Crippen MR) is 144 cm³/mol. The second-order valence-corrected chi connectivity index (χ2v) is 9.60. The zero-order chi connectivity index (χ0) is 28.3. The standard InChI is InChI=1S/C28H29FN6O5/c1-28(29)23(40-21(37)14-18-11-7-4-8-12-18)19(15-38-20(36)13-17-9-5-3-6-10-17)39-26(28)35-16-32-22-24(31-2)33-27(30)34-25(22)35/h3-12,16,19,23,26H,13-15H2,1-2H3,(H3,30,31,33,34)/t19-,23-,26-,28-/m1/s1. The summed E-state index contributed by atoms with van der Waals surface area (Å²) in [5.74, 6) is -0.865. The van der Waals surface area contributed by atoms with Gasteiger partial charge in [-0.1, -0.05) is 60.7 Å². The van der Waals surface area contributed by atoms with Crippen molar-refractivity contribution >= 4 is 34.9 Å². The second kappa shape index (κ2) is 11.3. The lowest BCUT2D eigenvalue weighted by molar-refractivity contribution is -0.160. The molecule has 40 heavy (non-hydrogen) atoms. The highest BCUT2D eigenvalue weighted by Crippen LogP contribution is 2.44. The number of benzene rings is 2. The number of aromatic nitrogens is 4. The first-order valence-electron chi connectivity index (χ1n) is 12.7. The van der Waals surface area contributed by atoms with Gasteiger partial charge in [0.25, 0.3) is 0 Å². The number of fused-ring (bicyclic) bond motifs is 1. The number of hydrogen-bond acceptors (Lipinski definition) is 10. The minimum absolute atomic E-state index is 0.0253. The molecule has 208 valence electrons. The number of ether oxygens (including phenoxy) is 3. The van der Waals surface area contributed by atoms with Crippen LogP contribution in [0.5, 0.6) is 0 Å². The summed E-state index contributed by atoms with van der Waals surface area (Å²) < 4.78 is 35.2. The van der Waals surface area contributed by atoms with Crippen LogP contribution in [0.4, 0.5) is 16.2 Å². The Bertz CT molecular complexity index is 1500. The number of rotatable bonds is 9. The number of esters is 2. The summed E-state index contributed by atoms with van der Waals surface area (Å²) in [6, 6.07) is 18.0. The van der Waals surface area contributed by atoms with Gasteiger partial charge in [0, 0.05) is 7.05 Å². The fraction of sp³-hybridized carbons (Fsp3) is 0.321. The highest BCUT2D eigenvalue weighted by atomic mass is 19.1. The first-order chi connectivity index (χ1) is 19.3. The maximum absolute atomic E-state index is 16.7. The molecule has 0 radical (unpaired) electrons. The van der Waals surface area contributed by atoms with Gasteiger partial charge in [-0.3, -0.25) is 14.2 Å². The molecule has 4 atom stereocenters. The van der Waals surface area contributed by atoms with E-state index in [2.05, 4.69) is 20.3 Å². The quantitative estimate of drug-likeness (QED) is 0.300. The molecule has 1 aliphatic rings. The van der Waals surface area contributed by atoms with Gasteiger partial charge in [0.15, 0.2) is 35.0 Å². The van der Waals surface area contributed by atoms with Crippen LogP contribution in [0, 0.1) is 0 Å². The van der Waals surface area contributed by atoms with Crippen molar-refractivity contribution in [1.29, 1.82) is 0 Å². The van der Waals surface area contributed by atoms with Crippen molar-refractivity contribution in [3.63, 3.8) is 0 Å². The molecule has 1 fully saturated rings. The van der Waals surface area contributed by atoms with Crippen molar-refractivity contribution in [2.75, 3.05) is 24.7 Å². The summed E-state index contributed by atoms with van der Waals surface area (Å²) in [7, 11) is 1.65. The third-order valence-electron chi connectivity index (χ3n) is 6.66. The normalized spacial score (nSPS) is 22.2. The molecule has 0 spiro atoms. The summed E-state index contributed by atoms with van der Waals surface area (Å²) >= 11 is 0. The Kier molecular flexibility index (Phi) is 7.60. The summed E-state index contributed by atoms with van der Waals surface area (Å²) in [4.78, 5) is 38.1. The molecule has 3 N–H and O–H groups in total. The van der Waals surface area contributed by atoms with E-state index in [0.717, 1.165) is 5.56 Å². The summed E-state index contributed by atoms with van der Waals surface area (Å²) in [5, 5.41) is 2.89. The van der Waals surface area contributed by atoms with Crippen LogP contribution in [-0.2, 0) is 36.6 Å². The van der Waals surface area contributed by atoms with E-state index in [-0.39, 0.29) is 31.0 Å². The zero-order valence-electron chi connectivity index (χ0n) is 22.0. The number of anilines is 2. The number of imidazole rings is 1. The molecule has 3 heterocycles. The van der Waals surface area contributed by atoms with E-state index in [0.29, 0.717) is 16.9 Å². The van der Waals surface area contributed by atoms with Gasteiger partial charge >= 0.3 is 11.9 Å². The predicted octanol–water partition coefficient (Wildman–Crippen LogP) is 3.02. The van der Waals surface area contributed by atoms with Gasteiger partial charge in [0.05, 0.1) is 19.2 Å². The number of nitrogens with one attached hydrogen (secondary N) is 1. The summed E-state index contributed by atoms with van der Waals surface area (Å²) in [6.45, 7) is 0.926. The maximum atomic E-state index is 16.7. The third-order valence-corrected chi connectivity index (χ3v) is 6.66. The van der Waals surface area contributed by atoms with Gasteiger partial charge in [-0.2, -0.15) is 9.97 Å². The van der Waals surface area contributed by atoms with E-state index >= 15 is 4.39 Å². The van der Waals surface area contributed by atoms with Crippen LogP contribution in [0.2, 0.25) is 0 Å². The van der Waals surface area contributed by atoms with Crippen molar-refractivity contribution in [3.8, 4) is 0 Å². The number of nitrogen functional groups attached to an aromatic ring is 1. The minimum Gasteiger partial charge on any atom is -0.463 e. The molecule has 1 saturated heterocycles. The Morgan fingerprint density at radius 1 is 1.05 bits per heavy atom. The van der Waals surface area contributed by atoms with Crippen LogP contribution in [0.3, 0.4) is 0 Å². The van der Waals surface area contributed by atoms with Crippen molar-refractivity contribution < 1.29 is 28.2 Å². The van der Waals surface area contributed by atoms with E-state index in [1.807, 2.05) is 24.3 Å². The molecular weight excluding hydrogens is 519 g/mol. The van der Waals surface area contributed by atoms with Crippen molar-refractivity contribution in [1.82, 2.24) is 19.5 Å². The van der Waals surface area contributed by atoms with Crippen LogP contribution in [0.25, 0.3) is 11.2 Å². The van der Waals surface area contributed by atoms with E-state index in [4.69, 9.17) is 19.9 Å². The van der Waals surface area contributed by atoms with Crippen molar-refractivity contribution in [2.45, 2.75) is 43.9 Å². The van der Waals surface area contributed by atoms with Gasteiger partial charge in [0.1, 0.15) is 12.7 Å². The molecular formula is C28H29FN6O5. The van der Waals surface area contributed by atoms with Crippen LogP contribution < -0.4 is 11.1 Å². The molecule has 0 amide bonds. The van der Waals surface area contributed by atoms with Gasteiger partial charge < -0.3 is 25.3 Å². The number of nitrogens with two attached hydrogens (primary N) is 1. The summed E-state index contributed by atoms with van der Waals surface area (Å²) in [6.07, 6.45) is -2.53. The minimum atomic E-state index is -2.27. The molecule has 12 heteroatoms. The van der Waals surface area contributed by atoms with Crippen molar-refractivity contribution in [2.24, 2.45) is 0 Å². The topological polar surface area (TPSA) is 143 Å². The van der Waals surface area contributed by atoms with Crippen LogP contribution in [0.1, 0.15) is 24.3 Å². The lowest BCUT2D eigenvalue weighted by Gasteiger charge is -2.27. The van der Waals surface area contributed by atoms with Gasteiger partial charge in [-0.15, -0.1) is 0 Å². The number of carbonyl (C=O) groups is 2. The van der Waals surface area contributed by atoms with Gasteiger partial charge in [-0.25, -0.2) is 9.37 Å². The molecule has 5 rings (SSSR count). The lowest BCUT2D eigenvalue weighted by atomic mass is 9.98. The van der Waals surface area contributed by atoms with E-state index in [1.54, 1.807) is 43.4 Å². The molecule has 1 aliphatic heterocycles. The Balaban J connectivity index is 1.41. The smallest absolute Gasteiger partial charge is 0.310 e. The van der Waals surface area contributed by atoms with Crippen LogP contribution >= 0.6 is 0 Å². The van der Waals surface area contributed by atoms with Crippen LogP contribution in [-0.4, -0.2) is 63.0 Å². The molecule has 0 saturated carbocycles. The molecule has 2 aromatic carbocycles. The zero-order valence-corrected chi connectivity index (χ0v) is 22.0.